The number of para-hydroxylation sites is 2. The first-order valence-electron chi connectivity index (χ1n) is 7.86. The molecule has 6 heteroatoms. The summed E-state index contributed by atoms with van der Waals surface area (Å²) < 4.78 is 5.08. The molecule has 2 aliphatic rings. The van der Waals surface area contributed by atoms with Gasteiger partial charge in [0.1, 0.15) is 17.5 Å². The number of carbonyl (C=O) groups is 2. The topological polar surface area (TPSA) is 73.6 Å². The fourth-order valence-corrected chi connectivity index (χ4v) is 3.02. The maximum absolute atomic E-state index is 12.4. The van der Waals surface area contributed by atoms with Gasteiger partial charge < -0.3 is 14.5 Å². The molecule has 1 aliphatic heterocycles. The van der Waals surface area contributed by atoms with Gasteiger partial charge in [0.2, 0.25) is 5.78 Å². The Bertz CT molecular complexity index is 747. The zero-order chi connectivity index (χ0) is 17.4. The van der Waals surface area contributed by atoms with Crippen LogP contribution in [-0.2, 0) is 14.3 Å². The van der Waals surface area contributed by atoms with Crippen molar-refractivity contribution >= 4 is 23.1 Å². The number of rotatable bonds is 4. The molecule has 1 saturated carbocycles. The van der Waals surface area contributed by atoms with Crippen molar-refractivity contribution in [2.24, 2.45) is 11.8 Å². The number of anilines is 2. The summed E-state index contributed by atoms with van der Waals surface area (Å²) in [6, 6.07) is 9.62. The Kier molecular flexibility index (Phi) is 4.02. The molecule has 0 bridgehead atoms. The molecule has 2 atom stereocenters. The lowest BCUT2D eigenvalue weighted by atomic mass is 10.2. The van der Waals surface area contributed by atoms with E-state index in [-0.39, 0.29) is 17.5 Å². The fraction of sp³-hybridized carbons (Fsp3) is 0.389. The normalized spacial score (nSPS) is 21.2. The lowest BCUT2D eigenvalue weighted by molar-refractivity contribution is -0.148. The molecule has 124 valence electrons. The van der Waals surface area contributed by atoms with Crippen LogP contribution in [0.2, 0.25) is 0 Å². The van der Waals surface area contributed by atoms with E-state index in [9.17, 15) is 14.9 Å². The van der Waals surface area contributed by atoms with Crippen LogP contribution in [0.25, 0.3) is 0 Å². The highest BCUT2D eigenvalue weighted by Gasteiger charge is 2.41. The lowest BCUT2D eigenvalue weighted by Gasteiger charge is -2.19. The Morgan fingerprint density at radius 1 is 1.25 bits per heavy atom. The molecule has 1 heterocycles. The number of esters is 1. The minimum Gasteiger partial charge on any atom is -0.457 e. The predicted molar refractivity (Wildman–Crippen MR) is 89.1 cm³/mol. The minimum absolute atomic E-state index is 0.00662. The number of hydrogen-bond donors (Lipinski definition) is 0. The molecule has 0 saturated heterocycles. The van der Waals surface area contributed by atoms with Gasteiger partial charge in [0, 0.05) is 14.1 Å². The van der Waals surface area contributed by atoms with Crippen LogP contribution in [0, 0.1) is 23.2 Å². The number of benzene rings is 1. The summed E-state index contributed by atoms with van der Waals surface area (Å²) in [4.78, 5) is 27.8. The standard InChI is InChI=1S/C18H19N3O3/c1-11-8-12(11)18(23)24-10-16(22)13(9-19)17-20(2)14-6-4-5-7-15(14)21(17)3/h4-7,11-12H,8,10H2,1-3H3/t11-,12-/m0/s1. The van der Waals surface area contributed by atoms with Gasteiger partial charge in [-0.25, -0.2) is 0 Å². The Morgan fingerprint density at radius 3 is 2.25 bits per heavy atom. The van der Waals surface area contributed by atoms with E-state index < -0.39 is 12.4 Å². The van der Waals surface area contributed by atoms with Crippen molar-refractivity contribution in [3.05, 3.63) is 35.7 Å². The van der Waals surface area contributed by atoms with Gasteiger partial charge in [-0.05, 0) is 24.5 Å². The number of nitrogens with zero attached hydrogens (tertiary/aromatic N) is 3. The number of hydrogen-bond acceptors (Lipinski definition) is 6. The minimum atomic E-state index is -0.486. The molecule has 1 fully saturated rings. The molecular formula is C18H19N3O3. The van der Waals surface area contributed by atoms with E-state index in [1.54, 1.807) is 23.9 Å². The number of carbonyl (C=O) groups excluding carboxylic acids is 2. The molecule has 24 heavy (non-hydrogen) atoms. The van der Waals surface area contributed by atoms with Crippen LogP contribution in [0.1, 0.15) is 13.3 Å². The summed E-state index contributed by atoms with van der Waals surface area (Å²) >= 11 is 0. The number of Topliss-reactive ketones (excluding diaryl/α,β-unsaturated/α-hetero) is 1. The van der Waals surface area contributed by atoms with E-state index in [2.05, 4.69) is 0 Å². The van der Waals surface area contributed by atoms with E-state index in [1.807, 2.05) is 37.3 Å². The third kappa shape index (κ3) is 2.62. The first-order chi connectivity index (χ1) is 11.5. The second-order valence-electron chi connectivity index (χ2n) is 6.27. The van der Waals surface area contributed by atoms with Crippen LogP contribution in [0.15, 0.2) is 35.7 Å². The van der Waals surface area contributed by atoms with Crippen LogP contribution in [0.5, 0.6) is 0 Å². The second kappa shape index (κ2) is 6.00. The quantitative estimate of drug-likeness (QED) is 0.479. The average molecular weight is 325 g/mol. The number of nitriles is 1. The van der Waals surface area contributed by atoms with Crippen molar-refractivity contribution in [3.8, 4) is 6.07 Å². The monoisotopic (exact) mass is 325 g/mol. The first kappa shape index (κ1) is 16.1. The third-order valence-electron chi connectivity index (χ3n) is 4.61. The molecule has 0 aromatic heterocycles. The SMILES string of the molecule is C[C@H]1C[C@@H]1C(=O)OCC(=O)C(C#N)=C1N(C)c2ccccc2N1C. The third-order valence-corrected chi connectivity index (χ3v) is 4.61. The number of fused-ring (bicyclic) bond motifs is 1. The van der Waals surface area contributed by atoms with Crippen molar-refractivity contribution in [3.63, 3.8) is 0 Å². The zero-order valence-electron chi connectivity index (χ0n) is 13.9. The largest absolute Gasteiger partial charge is 0.457 e. The van der Waals surface area contributed by atoms with E-state index in [1.165, 1.54) is 0 Å². The van der Waals surface area contributed by atoms with Gasteiger partial charge in [-0.1, -0.05) is 19.1 Å². The Morgan fingerprint density at radius 2 is 1.79 bits per heavy atom. The zero-order valence-corrected chi connectivity index (χ0v) is 13.9. The summed E-state index contributed by atoms with van der Waals surface area (Å²) in [5.74, 6) is -0.116. The van der Waals surface area contributed by atoms with Gasteiger partial charge >= 0.3 is 5.97 Å². The average Bonchev–Trinajstić information content (AvgIpc) is 3.27. The highest BCUT2D eigenvalue weighted by molar-refractivity contribution is 6.04. The Balaban J connectivity index is 1.80. The summed E-state index contributed by atoms with van der Waals surface area (Å²) in [5, 5.41) is 9.48. The fourth-order valence-electron chi connectivity index (χ4n) is 3.02. The molecule has 0 radical (unpaired) electrons. The van der Waals surface area contributed by atoms with Gasteiger partial charge in [-0.15, -0.1) is 0 Å². The number of ether oxygens (including phenoxy) is 1. The molecule has 0 N–H and O–H groups in total. The Labute approximate surface area is 140 Å². The predicted octanol–water partition coefficient (Wildman–Crippen LogP) is 2.08. The van der Waals surface area contributed by atoms with E-state index in [4.69, 9.17) is 4.74 Å². The van der Waals surface area contributed by atoms with E-state index >= 15 is 0 Å². The molecule has 0 unspecified atom stereocenters. The van der Waals surface area contributed by atoms with Gasteiger partial charge in [0.25, 0.3) is 0 Å². The number of ketones is 1. The van der Waals surface area contributed by atoms with Crippen LogP contribution in [0.4, 0.5) is 11.4 Å². The molecule has 6 nitrogen and oxygen atoms in total. The van der Waals surface area contributed by atoms with Gasteiger partial charge in [-0.2, -0.15) is 5.26 Å². The molecule has 1 aromatic rings. The first-order valence-corrected chi connectivity index (χ1v) is 7.86. The highest BCUT2D eigenvalue weighted by atomic mass is 16.5. The van der Waals surface area contributed by atoms with Crippen LogP contribution in [-0.4, -0.2) is 32.5 Å². The molecule has 1 aromatic carbocycles. The van der Waals surface area contributed by atoms with Crippen molar-refractivity contribution in [1.29, 1.82) is 5.26 Å². The molecular weight excluding hydrogens is 306 g/mol. The molecule has 0 spiro atoms. The summed E-state index contributed by atoms with van der Waals surface area (Å²) in [6.07, 6.45) is 0.806. The van der Waals surface area contributed by atoms with Crippen LogP contribution in [0.3, 0.4) is 0 Å². The van der Waals surface area contributed by atoms with Crippen LogP contribution < -0.4 is 9.80 Å². The van der Waals surface area contributed by atoms with Crippen molar-refractivity contribution < 1.29 is 14.3 Å². The van der Waals surface area contributed by atoms with Crippen molar-refractivity contribution in [2.75, 3.05) is 30.5 Å². The van der Waals surface area contributed by atoms with E-state index in [0.717, 1.165) is 17.8 Å². The lowest BCUT2D eigenvalue weighted by Crippen LogP contribution is -2.28. The molecule has 0 amide bonds. The molecule has 3 rings (SSSR count). The maximum atomic E-state index is 12.4. The van der Waals surface area contributed by atoms with Crippen molar-refractivity contribution in [2.45, 2.75) is 13.3 Å². The molecule has 1 aliphatic carbocycles. The van der Waals surface area contributed by atoms with Crippen LogP contribution >= 0.6 is 0 Å². The summed E-state index contributed by atoms with van der Waals surface area (Å²) in [6.45, 7) is 1.57. The van der Waals surface area contributed by atoms with E-state index in [0.29, 0.717) is 11.7 Å². The Hall–Kier alpha value is -2.81. The van der Waals surface area contributed by atoms with Gasteiger partial charge in [0.05, 0.1) is 17.3 Å². The summed E-state index contributed by atoms with van der Waals surface area (Å²) in [5.41, 5.74) is 1.83. The summed E-state index contributed by atoms with van der Waals surface area (Å²) in [7, 11) is 3.61. The highest BCUT2D eigenvalue weighted by Crippen LogP contribution is 2.40. The second-order valence-corrected chi connectivity index (χ2v) is 6.27. The van der Waals surface area contributed by atoms with Gasteiger partial charge in [0.15, 0.2) is 6.61 Å². The smallest absolute Gasteiger partial charge is 0.309 e. The van der Waals surface area contributed by atoms with Gasteiger partial charge in [-0.3, -0.25) is 9.59 Å². The van der Waals surface area contributed by atoms with Crippen molar-refractivity contribution in [1.82, 2.24) is 0 Å². The maximum Gasteiger partial charge on any atom is 0.309 e.